The number of carbonyl (C=O) groups excluding carboxylic acids is 6. The molecule has 1 aromatic heterocycles. The molecular weight excluding hydrogens is 682 g/mol. The maximum Gasteiger partial charge on any atom is 0.408 e. The number of oxazole rings is 1. The number of benzene rings is 2. The first-order valence-electron chi connectivity index (χ1n) is 18.0. The van der Waals surface area contributed by atoms with E-state index in [4.69, 9.17) is 13.9 Å². The minimum absolute atomic E-state index is 0.00802. The van der Waals surface area contributed by atoms with E-state index < -0.39 is 65.3 Å². The van der Waals surface area contributed by atoms with Crippen LogP contribution in [0.1, 0.15) is 97.3 Å². The van der Waals surface area contributed by atoms with Gasteiger partial charge in [-0.1, -0.05) is 76.6 Å². The third kappa shape index (κ3) is 13.7. The van der Waals surface area contributed by atoms with Gasteiger partial charge >= 0.3 is 12.1 Å². The zero-order valence-electron chi connectivity index (χ0n) is 31.8. The van der Waals surface area contributed by atoms with Gasteiger partial charge < -0.3 is 35.2 Å². The molecule has 0 saturated carbocycles. The highest BCUT2D eigenvalue weighted by Gasteiger charge is 2.33. The number of esters is 1. The summed E-state index contributed by atoms with van der Waals surface area (Å²) in [5.41, 5.74) is 0.911. The SMILES string of the molecule is CCC(C)C(NC(=O)OCc1ccccc1)C(=O)NC(CCC(=O)OC(C)(C)C)C(=O)NC(C)C(=O)NC(CC(C)C)C(=O)c1nc2ccccc2o1. The Kier molecular flexibility index (Phi) is 15.5. The third-order valence-corrected chi connectivity index (χ3v) is 8.27. The summed E-state index contributed by atoms with van der Waals surface area (Å²) in [5.74, 6) is -3.72. The number of ether oxygens (including phenoxy) is 2. The normalized spacial score (nSPS) is 14.3. The number of para-hydroxylation sites is 2. The Hall–Kier alpha value is -5.27. The van der Waals surface area contributed by atoms with Gasteiger partial charge in [-0.15, -0.1) is 0 Å². The van der Waals surface area contributed by atoms with Crippen molar-refractivity contribution in [1.29, 1.82) is 0 Å². The van der Waals surface area contributed by atoms with Crippen molar-refractivity contribution in [1.82, 2.24) is 26.3 Å². The number of alkyl carbamates (subject to hydrolysis) is 1. The molecule has 5 atom stereocenters. The highest BCUT2D eigenvalue weighted by molar-refractivity contribution is 6.01. The first kappa shape index (κ1) is 42.1. The summed E-state index contributed by atoms with van der Waals surface area (Å²) in [7, 11) is 0. The summed E-state index contributed by atoms with van der Waals surface area (Å²) in [4.78, 5) is 83.9. The number of hydrogen-bond acceptors (Lipinski definition) is 10. The summed E-state index contributed by atoms with van der Waals surface area (Å²) < 4.78 is 16.4. The number of ketones is 1. The predicted octanol–water partition coefficient (Wildman–Crippen LogP) is 4.99. The Morgan fingerprint density at radius 2 is 1.43 bits per heavy atom. The van der Waals surface area contributed by atoms with Crippen molar-refractivity contribution < 1.29 is 42.7 Å². The van der Waals surface area contributed by atoms with Crippen LogP contribution in [0.5, 0.6) is 0 Å². The van der Waals surface area contributed by atoms with Gasteiger partial charge in [0, 0.05) is 6.42 Å². The molecule has 0 fully saturated rings. The van der Waals surface area contributed by atoms with Crippen LogP contribution in [0.3, 0.4) is 0 Å². The second-order valence-corrected chi connectivity index (χ2v) is 14.5. The van der Waals surface area contributed by atoms with E-state index in [1.165, 1.54) is 6.92 Å². The first-order chi connectivity index (χ1) is 25.0. The lowest BCUT2D eigenvalue weighted by molar-refractivity contribution is -0.155. The fourth-order valence-electron chi connectivity index (χ4n) is 5.28. The van der Waals surface area contributed by atoms with E-state index in [1.807, 2.05) is 39.0 Å². The lowest BCUT2D eigenvalue weighted by atomic mass is 9.97. The number of amides is 4. The second-order valence-electron chi connectivity index (χ2n) is 14.5. The van der Waals surface area contributed by atoms with Gasteiger partial charge in [-0.05, 0) is 70.1 Å². The molecule has 0 aliphatic rings. The van der Waals surface area contributed by atoms with E-state index in [0.29, 0.717) is 17.5 Å². The molecule has 2 aromatic carbocycles. The van der Waals surface area contributed by atoms with Gasteiger partial charge in [-0.3, -0.25) is 24.0 Å². The number of nitrogens with one attached hydrogen (secondary N) is 4. The van der Waals surface area contributed by atoms with Crippen molar-refractivity contribution in [2.24, 2.45) is 11.8 Å². The molecule has 4 amide bonds. The lowest BCUT2D eigenvalue weighted by Crippen LogP contribution is -2.58. The van der Waals surface area contributed by atoms with E-state index in [1.54, 1.807) is 64.1 Å². The van der Waals surface area contributed by atoms with Crippen LogP contribution in [0, 0.1) is 11.8 Å². The second kappa shape index (κ2) is 19.5. The van der Waals surface area contributed by atoms with Crippen LogP contribution < -0.4 is 21.3 Å². The maximum atomic E-state index is 13.7. The molecule has 0 aliphatic carbocycles. The molecule has 4 N–H and O–H groups in total. The van der Waals surface area contributed by atoms with Gasteiger partial charge in [-0.25, -0.2) is 9.78 Å². The van der Waals surface area contributed by atoms with Gasteiger partial charge in [0.1, 0.15) is 35.9 Å². The van der Waals surface area contributed by atoms with Crippen LogP contribution in [0.2, 0.25) is 0 Å². The summed E-state index contributed by atoms with van der Waals surface area (Å²) in [5, 5.41) is 10.6. The first-order valence-corrected chi connectivity index (χ1v) is 18.0. The molecule has 5 unspecified atom stereocenters. The van der Waals surface area contributed by atoms with Crippen LogP contribution >= 0.6 is 0 Å². The van der Waals surface area contributed by atoms with Gasteiger partial charge in [0.15, 0.2) is 5.58 Å². The van der Waals surface area contributed by atoms with Gasteiger partial charge in [0.25, 0.3) is 5.89 Å². The maximum absolute atomic E-state index is 13.7. The molecule has 14 heteroatoms. The van der Waals surface area contributed by atoms with Crippen LogP contribution in [0.4, 0.5) is 4.79 Å². The zero-order chi connectivity index (χ0) is 39.3. The topological polar surface area (TPSA) is 195 Å². The Morgan fingerprint density at radius 3 is 2.06 bits per heavy atom. The van der Waals surface area contributed by atoms with Crippen molar-refractivity contribution in [2.45, 2.75) is 117 Å². The molecule has 0 aliphatic heterocycles. The van der Waals surface area contributed by atoms with E-state index >= 15 is 0 Å². The van der Waals surface area contributed by atoms with Crippen LogP contribution in [-0.4, -0.2) is 70.3 Å². The largest absolute Gasteiger partial charge is 0.460 e. The molecule has 0 saturated heterocycles. The van der Waals surface area contributed by atoms with Crippen molar-refractivity contribution in [3.63, 3.8) is 0 Å². The summed E-state index contributed by atoms with van der Waals surface area (Å²) in [6, 6.07) is 11.4. The Morgan fingerprint density at radius 1 is 0.792 bits per heavy atom. The lowest BCUT2D eigenvalue weighted by Gasteiger charge is -2.27. The van der Waals surface area contributed by atoms with Gasteiger partial charge in [-0.2, -0.15) is 0 Å². The van der Waals surface area contributed by atoms with E-state index in [-0.39, 0.29) is 43.6 Å². The van der Waals surface area contributed by atoms with E-state index in [9.17, 15) is 28.8 Å². The molecule has 288 valence electrons. The Balaban J connectivity index is 1.74. The van der Waals surface area contributed by atoms with Crippen molar-refractivity contribution in [2.75, 3.05) is 0 Å². The molecule has 0 radical (unpaired) electrons. The number of Topliss-reactive ketones (excluding diaryl/α,β-unsaturated/α-hetero) is 1. The number of nitrogens with zero attached hydrogens (tertiary/aromatic N) is 1. The Labute approximate surface area is 310 Å². The summed E-state index contributed by atoms with van der Waals surface area (Å²) >= 11 is 0. The monoisotopic (exact) mass is 735 g/mol. The minimum atomic E-state index is -1.30. The number of carbonyl (C=O) groups is 6. The molecule has 3 rings (SSSR count). The fourth-order valence-corrected chi connectivity index (χ4v) is 5.28. The number of aromatic nitrogens is 1. The zero-order valence-corrected chi connectivity index (χ0v) is 31.8. The van der Waals surface area contributed by atoms with E-state index in [2.05, 4.69) is 26.3 Å². The molecule has 1 heterocycles. The van der Waals surface area contributed by atoms with Crippen molar-refractivity contribution in [3.8, 4) is 0 Å². The number of rotatable bonds is 18. The molecule has 3 aromatic rings. The van der Waals surface area contributed by atoms with Crippen molar-refractivity contribution in [3.05, 3.63) is 66.1 Å². The quantitative estimate of drug-likeness (QED) is 0.102. The summed E-state index contributed by atoms with van der Waals surface area (Å²) in [6.45, 7) is 13.9. The van der Waals surface area contributed by atoms with Gasteiger partial charge in [0.2, 0.25) is 23.5 Å². The summed E-state index contributed by atoms with van der Waals surface area (Å²) in [6.07, 6.45) is -0.443. The smallest absolute Gasteiger partial charge is 0.408 e. The molecular formula is C39H53N5O9. The van der Waals surface area contributed by atoms with Crippen molar-refractivity contribution >= 4 is 46.7 Å². The molecule has 53 heavy (non-hydrogen) atoms. The average Bonchev–Trinajstić information content (AvgIpc) is 3.54. The number of hydrogen-bond donors (Lipinski definition) is 4. The molecule has 0 bridgehead atoms. The van der Waals surface area contributed by atoms with Crippen LogP contribution in [0.15, 0.2) is 59.0 Å². The highest BCUT2D eigenvalue weighted by atomic mass is 16.6. The van der Waals surface area contributed by atoms with Crippen LogP contribution in [-0.2, 0) is 35.3 Å². The van der Waals surface area contributed by atoms with Gasteiger partial charge in [0.05, 0.1) is 6.04 Å². The predicted molar refractivity (Wildman–Crippen MR) is 197 cm³/mol. The Bertz CT molecular complexity index is 1680. The molecule has 14 nitrogen and oxygen atoms in total. The minimum Gasteiger partial charge on any atom is -0.460 e. The van der Waals surface area contributed by atoms with Crippen LogP contribution in [0.25, 0.3) is 11.1 Å². The van der Waals surface area contributed by atoms with E-state index in [0.717, 1.165) is 5.56 Å². The number of fused-ring (bicyclic) bond motifs is 1. The average molecular weight is 736 g/mol. The third-order valence-electron chi connectivity index (χ3n) is 8.27. The highest BCUT2D eigenvalue weighted by Crippen LogP contribution is 2.18. The molecule has 0 spiro atoms. The standard InChI is InChI=1S/C39H53N5O9/c1-9-24(4)32(44-38(50)51-22-26-15-11-10-12-16-26)36(49)41-28(19-20-31(45)53-39(6,7)8)35(48)40-25(5)34(47)42-29(21-23(2)3)33(46)37-43-27-17-13-14-18-30(27)52-37/h10-18,23-25,28-29,32H,9,19-22H2,1-8H3,(H,40,48)(H,41,49)(H,42,47)(H,44,50). The fraction of sp³-hybridized carbons (Fsp3) is 0.513.